The SMILES string of the molecule is C=C/C=C\C=C(/C)C[C@H](N)CC[C@H](Cc1ccccc1)NC(=O)[C@H](CCN1CCOCC1)NC(=O)N(C)Cc1csc(C(C)C)n1. The monoisotopic (exact) mass is 650 g/mol. The van der Waals surface area contributed by atoms with Crippen molar-refractivity contribution in [3.63, 3.8) is 0 Å². The minimum absolute atomic E-state index is 0.0315. The molecule has 1 fully saturated rings. The third-order valence-corrected chi connectivity index (χ3v) is 9.22. The molecule has 2 aromatic rings. The van der Waals surface area contributed by atoms with E-state index in [0.29, 0.717) is 45.1 Å². The largest absolute Gasteiger partial charge is 0.379 e. The summed E-state index contributed by atoms with van der Waals surface area (Å²) >= 11 is 1.61. The Balaban J connectivity index is 1.69. The Morgan fingerprint density at radius 2 is 1.87 bits per heavy atom. The number of thiazole rings is 1. The second kappa shape index (κ2) is 20.0. The number of ether oxygens (including phenoxy) is 1. The number of amides is 3. The van der Waals surface area contributed by atoms with Gasteiger partial charge in [-0.1, -0.05) is 80.6 Å². The topological polar surface area (TPSA) is 113 Å². The van der Waals surface area contributed by atoms with Gasteiger partial charge in [0, 0.05) is 50.1 Å². The van der Waals surface area contributed by atoms with Crippen LogP contribution in [0.5, 0.6) is 0 Å². The van der Waals surface area contributed by atoms with E-state index >= 15 is 0 Å². The quantitative estimate of drug-likeness (QED) is 0.186. The molecule has 4 N–H and O–H groups in total. The van der Waals surface area contributed by atoms with Crippen LogP contribution in [0, 0.1) is 0 Å². The number of nitrogens with two attached hydrogens (primary N) is 1. The number of carbonyl (C=O) groups excluding carboxylic acids is 2. The van der Waals surface area contributed by atoms with Crippen molar-refractivity contribution in [2.45, 2.75) is 83.5 Å². The van der Waals surface area contributed by atoms with Crippen molar-refractivity contribution in [3.8, 4) is 0 Å². The van der Waals surface area contributed by atoms with Gasteiger partial charge < -0.3 is 26.0 Å². The smallest absolute Gasteiger partial charge is 0.318 e. The Morgan fingerprint density at radius 1 is 1.13 bits per heavy atom. The van der Waals surface area contributed by atoms with E-state index in [1.165, 1.54) is 5.57 Å². The van der Waals surface area contributed by atoms with Gasteiger partial charge in [0.25, 0.3) is 0 Å². The number of allylic oxidation sites excluding steroid dienone is 4. The van der Waals surface area contributed by atoms with Crippen molar-refractivity contribution in [3.05, 3.63) is 88.4 Å². The van der Waals surface area contributed by atoms with Crippen molar-refractivity contribution >= 4 is 23.3 Å². The molecule has 10 heteroatoms. The third kappa shape index (κ3) is 13.6. The van der Waals surface area contributed by atoms with Crippen LogP contribution in [-0.2, 0) is 22.5 Å². The molecule has 252 valence electrons. The Kier molecular flexibility index (Phi) is 16.2. The fourth-order valence-electron chi connectivity index (χ4n) is 5.36. The summed E-state index contributed by atoms with van der Waals surface area (Å²) in [5, 5.41) is 9.38. The van der Waals surface area contributed by atoms with Crippen LogP contribution >= 0.6 is 11.3 Å². The van der Waals surface area contributed by atoms with Crippen molar-refractivity contribution in [1.29, 1.82) is 0 Å². The number of morpholine rings is 1. The van der Waals surface area contributed by atoms with E-state index in [0.717, 1.165) is 48.6 Å². The summed E-state index contributed by atoms with van der Waals surface area (Å²) < 4.78 is 5.50. The van der Waals surface area contributed by atoms with Crippen LogP contribution in [0.3, 0.4) is 0 Å². The fraction of sp³-hybridized carbons (Fsp3) is 0.528. The Bertz CT molecular complexity index is 1270. The highest BCUT2D eigenvalue weighted by Gasteiger charge is 2.26. The van der Waals surface area contributed by atoms with Gasteiger partial charge in [-0.3, -0.25) is 9.69 Å². The summed E-state index contributed by atoms with van der Waals surface area (Å²) in [6, 6.07) is 9.03. The van der Waals surface area contributed by atoms with E-state index in [4.69, 9.17) is 10.5 Å². The number of aromatic nitrogens is 1. The molecule has 1 aliphatic rings. The number of rotatable bonds is 18. The number of benzene rings is 1. The summed E-state index contributed by atoms with van der Waals surface area (Å²) in [5.74, 6) is 0.162. The van der Waals surface area contributed by atoms with Crippen molar-refractivity contribution in [2.75, 3.05) is 39.9 Å². The van der Waals surface area contributed by atoms with Crippen LogP contribution < -0.4 is 16.4 Å². The van der Waals surface area contributed by atoms with Gasteiger partial charge in [-0.15, -0.1) is 11.3 Å². The Labute approximate surface area is 280 Å². The summed E-state index contributed by atoms with van der Waals surface area (Å²) in [5.41, 5.74) is 9.73. The first-order valence-corrected chi connectivity index (χ1v) is 17.3. The zero-order valence-corrected chi connectivity index (χ0v) is 28.9. The van der Waals surface area contributed by atoms with Gasteiger partial charge in [-0.25, -0.2) is 9.78 Å². The molecule has 0 bridgehead atoms. The number of hydrogen-bond acceptors (Lipinski definition) is 7. The molecule has 1 aliphatic heterocycles. The molecule has 3 amide bonds. The van der Waals surface area contributed by atoms with Gasteiger partial charge >= 0.3 is 6.03 Å². The second-order valence-corrected chi connectivity index (χ2v) is 13.4. The fourth-order valence-corrected chi connectivity index (χ4v) is 6.19. The maximum absolute atomic E-state index is 13.9. The first kappa shape index (κ1) is 37.2. The normalized spacial score (nSPS) is 16.3. The number of nitrogens with zero attached hydrogens (tertiary/aromatic N) is 3. The maximum Gasteiger partial charge on any atom is 0.318 e. The minimum atomic E-state index is -0.687. The molecule has 0 saturated carbocycles. The molecule has 0 spiro atoms. The maximum atomic E-state index is 13.9. The highest BCUT2D eigenvalue weighted by atomic mass is 32.1. The molecule has 0 radical (unpaired) electrons. The highest BCUT2D eigenvalue weighted by molar-refractivity contribution is 7.09. The van der Waals surface area contributed by atoms with E-state index in [-0.39, 0.29) is 24.0 Å². The molecule has 9 nitrogen and oxygen atoms in total. The molecule has 0 unspecified atom stereocenters. The zero-order valence-electron chi connectivity index (χ0n) is 28.1. The molecule has 3 atom stereocenters. The standard InChI is InChI=1S/C36H54N6O3S/c1-6-7-9-12-28(4)23-30(37)15-16-31(24-29-13-10-8-11-14-29)38-34(43)33(17-18-42-19-21-45-22-20-42)40-36(44)41(5)25-32-26-46-35(39-32)27(2)3/h6-14,26-27,30-31,33H,1,15-25,37H2,2-5H3,(H,38,43)(H,40,44)/b9-7-,28-12+/t30-,31-,33+/m1/s1. The van der Waals surface area contributed by atoms with E-state index < -0.39 is 6.04 Å². The first-order chi connectivity index (χ1) is 22.1. The summed E-state index contributed by atoms with van der Waals surface area (Å²) in [6.45, 7) is 14.1. The number of hydrogen-bond donors (Lipinski definition) is 3. The van der Waals surface area contributed by atoms with Crippen molar-refractivity contribution in [2.24, 2.45) is 5.73 Å². The molecule has 1 saturated heterocycles. The van der Waals surface area contributed by atoms with E-state index in [9.17, 15) is 9.59 Å². The summed E-state index contributed by atoms with van der Waals surface area (Å²) in [7, 11) is 1.74. The van der Waals surface area contributed by atoms with Crippen LogP contribution in [0.2, 0.25) is 0 Å². The van der Waals surface area contributed by atoms with Crippen LogP contribution in [0.4, 0.5) is 4.79 Å². The molecule has 46 heavy (non-hydrogen) atoms. The summed E-state index contributed by atoms with van der Waals surface area (Å²) in [6.07, 6.45) is 11.1. The molecule has 1 aromatic heterocycles. The van der Waals surface area contributed by atoms with Crippen LogP contribution in [0.15, 0.2) is 72.2 Å². The lowest BCUT2D eigenvalue weighted by atomic mass is 9.96. The van der Waals surface area contributed by atoms with Gasteiger partial charge in [0.2, 0.25) is 5.91 Å². The van der Waals surface area contributed by atoms with Gasteiger partial charge in [0.15, 0.2) is 0 Å². The van der Waals surface area contributed by atoms with Gasteiger partial charge in [-0.2, -0.15) is 0 Å². The number of nitrogens with one attached hydrogen (secondary N) is 2. The molecule has 2 heterocycles. The minimum Gasteiger partial charge on any atom is -0.379 e. The van der Waals surface area contributed by atoms with E-state index in [1.54, 1.807) is 29.4 Å². The van der Waals surface area contributed by atoms with Gasteiger partial charge in [0.05, 0.1) is 30.5 Å². The van der Waals surface area contributed by atoms with E-state index in [1.807, 2.05) is 35.7 Å². The molecular formula is C36H54N6O3S. The van der Waals surface area contributed by atoms with Crippen LogP contribution in [0.25, 0.3) is 0 Å². The zero-order chi connectivity index (χ0) is 33.3. The van der Waals surface area contributed by atoms with Gasteiger partial charge in [0.1, 0.15) is 6.04 Å². The highest BCUT2D eigenvalue weighted by Crippen LogP contribution is 2.20. The van der Waals surface area contributed by atoms with Crippen LogP contribution in [-0.4, -0.2) is 84.7 Å². The number of urea groups is 1. The predicted molar refractivity (Wildman–Crippen MR) is 189 cm³/mol. The third-order valence-electron chi connectivity index (χ3n) is 8.03. The molecular weight excluding hydrogens is 597 g/mol. The lowest BCUT2D eigenvalue weighted by Gasteiger charge is -2.30. The lowest BCUT2D eigenvalue weighted by Crippen LogP contribution is -2.54. The molecule has 3 rings (SSSR count). The average Bonchev–Trinajstić information content (AvgIpc) is 3.51. The molecule has 1 aromatic carbocycles. The second-order valence-electron chi connectivity index (χ2n) is 12.5. The predicted octanol–water partition coefficient (Wildman–Crippen LogP) is 5.41. The first-order valence-electron chi connectivity index (χ1n) is 16.4. The van der Waals surface area contributed by atoms with Crippen LogP contribution in [0.1, 0.15) is 68.6 Å². The van der Waals surface area contributed by atoms with Crippen molar-refractivity contribution < 1.29 is 14.3 Å². The van der Waals surface area contributed by atoms with Crippen molar-refractivity contribution in [1.82, 2.24) is 25.4 Å². The average molecular weight is 651 g/mol. The van der Waals surface area contributed by atoms with Gasteiger partial charge in [-0.05, 0) is 44.6 Å². The number of carbonyl (C=O) groups is 2. The van der Waals surface area contributed by atoms with E-state index in [2.05, 4.69) is 66.1 Å². The Morgan fingerprint density at radius 3 is 2.54 bits per heavy atom. The molecule has 0 aliphatic carbocycles. The Hall–Kier alpha value is -3.31. The summed E-state index contributed by atoms with van der Waals surface area (Å²) in [4.78, 5) is 35.9. The lowest BCUT2D eigenvalue weighted by molar-refractivity contribution is -0.124.